The first-order valence-electron chi connectivity index (χ1n) is 7.55. The molecule has 0 bridgehead atoms. The van der Waals surface area contributed by atoms with Gasteiger partial charge in [0.1, 0.15) is 17.0 Å². The molecule has 124 valence electrons. The number of ether oxygens (including phenoxy) is 3. The number of para-hydroxylation sites is 1. The molecule has 1 heterocycles. The second-order valence-corrected chi connectivity index (χ2v) is 5.73. The highest BCUT2D eigenvalue weighted by Crippen LogP contribution is 2.82. The van der Waals surface area contributed by atoms with Gasteiger partial charge in [-0.15, -0.1) is 0 Å². The average molecular weight is 326 g/mol. The average Bonchev–Trinajstić information content (AvgIpc) is 3.18. The van der Waals surface area contributed by atoms with E-state index < -0.39 is 22.7 Å². The highest BCUT2D eigenvalue weighted by Gasteiger charge is 2.93. The Bertz CT molecular complexity index is 790. The summed E-state index contributed by atoms with van der Waals surface area (Å²) in [5.41, 5.74) is 4.13. The van der Waals surface area contributed by atoms with Crippen molar-refractivity contribution in [2.24, 2.45) is 21.6 Å². The highest BCUT2D eigenvalue weighted by atomic mass is 16.7. The number of rotatable bonds is 5. The van der Waals surface area contributed by atoms with E-state index >= 15 is 0 Å². The molecular formula is C17H18N4O3. The number of nitrogens with two attached hydrogens (primary N) is 1. The number of methoxy groups -OCH3 is 2. The van der Waals surface area contributed by atoms with Crippen LogP contribution in [0.3, 0.4) is 0 Å². The maximum atomic E-state index is 10.0. The van der Waals surface area contributed by atoms with Gasteiger partial charge < -0.3 is 19.9 Å². The maximum Gasteiger partial charge on any atom is 0.292 e. The van der Waals surface area contributed by atoms with Gasteiger partial charge >= 0.3 is 0 Å². The van der Waals surface area contributed by atoms with Crippen molar-refractivity contribution in [3.05, 3.63) is 29.8 Å². The van der Waals surface area contributed by atoms with Crippen molar-refractivity contribution in [1.82, 2.24) is 0 Å². The van der Waals surface area contributed by atoms with Crippen LogP contribution in [0.4, 0.5) is 0 Å². The van der Waals surface area contributed by atoms with Crippen LogP contribution in [0.2, 0.25) is 0 Å². The number of hydrogen-bond acceptors (Lipinski definition) is 7. The summed E-state index contributed by atoms with van der Waals surface area (Å²) < 4.78 is 16.6. The fraction of sp³-hybridized carbons (Fsp3) is 0.471. The summed E-state index contributed by atoms with van der Waals surface area (Å²) in [6, 6.07) is 11.7. The van der Waals surface area contributed by atoms with Crippen LogP contribution in [-0.4, -0.2) is 32.6 Å². The van der Waals surface area contributed by atoms with E-state index in [1.165, 1.54) is 14.2 Å². The number of nitrogens with zero attached hydrogens (tertiary/aromatic N) is 3. The Balaban J connectivity index is 2.25. The molecule has 24 heavy (non-hydrogen) atoms. The van der Waals surface area contributed by atoms with Crippen LogP contribution in [0.5, 0.6) is 5.75 Å². The van der Waals surface area contributed by atoms with Gasteiger partial charge in [0.15, 0.2) is 5.41 Å². The van der Waals surface area contributed by atoms with Crippen molar-refractivity contribution >= 4 is 5.84 Å². The van der Waals surface area contributed by atoms with E-state index in [9.17, 15) is 10.5 Å². The Morgan fingerprint density at radius 2 is 1.88 bits per heavy atom. The monoisotopic (exact) mass is 326 g/mol. The summed E-state index contributed by atoms with van der Waals surface area (Å²) in [5.74, 6) is -1.52. The third-order valence-electron chi connectivity index (χ3n) is 5.01. The zero-order valence-electron chi connectivity index (χ0n) is 13.7. The molecule has 0 unspecified atom stereocenters. The van der Waals surface area contributed by atoms with Gasteiger partial charge in [0.2, 0.25) is 0 Å². The van der Waals surface area contributed by atoms with Gasteiger partial charge in [-0.3, -0.25) is 0 Å². The van der Waals surface area contributed by atoms with Crippen molar-refractivity contribution in [1.29, 1.82) is 10.5 Å². The third kappa shape index (κ3) is 1.49. The van der Waals surface area contributed by atoms with Crippen LogP contribution in [0.1, 0.15) is 18.4 Å². The van der Waals surface area contributed by atoms with E-state index in [4.69, 9.17) is 19.9 Å². The molecular weight excluding hydrogens is 308 g/mol. The molecule has 7 heteroatoms. The van der Waals surface area contributed by atoms with E-state index in [0.717, 1.165) is 5.56 Å². The number of benzene rings is 1. The van der Waals surface area contributed by atoms with Crippen molar-refractivity contribution < 1.29 is 14.2 Å². The Labute approximate surface area is 140 Å². The van der Waals surface area contributed by atoms with E-state index in [-0.39, 0.29) is 5.84 Å². The molecule has 0 amide bonds. The molecule has 1 saturated carbocycles. The third-order valence-corrected chi connectivity index (χ3v) is 5.01. The van der Waals surface area contributed by atoms with Crippen LogP contribution in [-0.2, 0) is 9.47 Å². The minimum atomic E-state index is -1.62. The molecule has 0 saturated heterocycles. The number of aliphatic imine (C=N–C) groups is 1. The second-order valence-electron chi connectivity index (χ2n) is 5.73. The van der Waals surface area contributed by atoms with Crippen LogP contribution < -0.4 is 10.5 Å². The minimum Gasteiger partial charge on any atom is -0.494 e. The Morgan fingerprint density at radius 1 is 1.21 bits per heavy atom. The summed E-state index contributed by atoms with van der Waals surface area (Å²) in [7, 11) is 2.77. The molecule has 3 rings (SSSR count). The van der Waals surface area contributed by atoms with Crippen molar-refractivity contribution in [2.75, 3.05) is 20.8 Å². The Hall–Kier alpha value is -2.61. The zero-order valence-corrected chi connectivity index (χ0v) is 13.7. The normalized spacial score (nSPS) is 32.2. The molecule has 0 radical (unpaired) electrons. The smallest absolute Gasteiger partial charge is 0.292 e. The first-order valence-corrected chi connectivity index (χ1v) is 7.55. The number of nitriles is 2. The fourth-order valence-corrected chi connectivity index (χ4v) is 3.99. The van der Waals surface area contributed by atoms with Gasteiger partial charge in [0.05, 0.1) is 18.7 Å². The van der Waals surface area contributed by atoms with Crippen LogP contribution in [0.25, 0.3) is 0 Å². The lowest BCUT2D eigenvalue weighted by atomic mass is 9.93. The van der Waals surface area contributed by atoms with Gasteiger partial charge in [-0.05, 0) is 13.0 Å². The SMILES string of the molecule is CCOc1ccccc1[C@@H]1[C@]2(C#N)C(N)=NC(OC)(OC)[C@]12C#N. The topological polar surface area (TPSA) is 114 Å². The molecule has 1 aromatic carbocycles. The molecule has 0 spiro atoms. The lowest BCUT2D eigenvalue weighted by Gasteiger charge is -2.29. The van der Waals surface area contributed by atoms with E-state index in [1.54, 1.807) is 6.07 Å². The van der Waals surface area contributed by atoms with Crippen molar-refractivity contribution in [2.45, 2.75) is 18.8 Å². The molecule has 0 aromatic heterocycles. The summed E-state index contributed by atoms with van der Waals surface area (Å²) in [4.78, 5) is 4.19. The minimum absolute atomic E-state index is 0.0477. The molecule has 1 aliphatic heterocycles. The highest BCUT2D eigenvalue weighted by molar-refractivity contribution is 6.00. The van der Waals surface area contributed by atoms with E-state index in [0.29, 0.717) is 12.4 Å². The molecule has 1 fully saturated rings. The maximum absolute atomic E-state index is 10.0. The predicted molar refractivity (Wildman–Crippen MR) is 84.8 cm³/mol. The second kappa shape index (κ2) is 5.20. The number of amidine groups is 1. The van der Waals surface area contributed by atoms with E-state index in [2.05, 4.69) is 17.1 Å². The number of fused-ring (bicyclic) bond motifs is 1. The van der Waals surface area contributed by atoms with Gasteiger partial charge in [-0.1, -0.05) is 18.2 Å². The molecule has 1 aromatic rings. The molecule has 3 atom stereocenters. The molecule has 2 N–H and O–H groups in total. The lowest BCUT2D eigenvalue weighted by molar-refractivity contribution is -0.230. The van der Waals surface area contributed by atoms with Gasteiger partial charge in [-0.2, -0.15) is 10.5 Å². The first-order chi connectivity index (χ1) is 11.5. The van der Waals surface area contributed by atoms with Gasteiger partial charge in [0.25, 0.3) is 5.91 Å². The Morgan fingerprint density at radius 3 is 2.42 bits per heavy atom. The van der Waals surface area contributed by atoms with Crippen LogP contribution >= 0.6 is 0 Å². The standard InChI is InChI=1S/C17H18N4O3/c1-4-24-12-8-6-5-7-11(12)13-15(9-18)14(20)21-17(22-2,23-3)16(13,15)10-19/h5-8,13H,4H2,1-3H3,(H2,20,21)/t13-,15-,16-/m1/s1. The van der Waals surface area contributed by atoms with Gasteiger partial charge in [-0.25, -0.2) is 4.99 Å². The molecule has 1 aliphatic carbocycles. The zero-order chi connectivity index (χ0) is 17.6. The molecule has 7 nitrogen and oxygen atoms in total. The fourth-order valence-electron chi connectivity index (χ4n) is 3.99. The summed E-state index contributed by atoms with van der Waals surface area (Å²) in [5, 5.41) is 19.9. The Kier molecular flexibility index (Phi) is 3.52. The van der Waals surface area contributed by atoms with Crippen LogP contribution in [0.15, 0.2) is 29.3 Å². The number of hydrogen-bond donors (Lipinski definition) is 1. The van der Waals surface area contributed by atoms with Gasteiger partial charge in [0, 0.05) is 25.7 Å². The predicted octanol–water partition coefficient (Wildman–Crippen LogP) is 1.52. The van der Waals surface area contributed by atoms with Crippen molar-refractivity contribution in [3.8, 4) is 17.9 Å². The van der Waals surface area contributed by atoms with Crippen molar-refractivity contribution in [3.63, 3.8) is 0 Å². The lowest BCUT2D eigenvalue weighted by Crippen LogP contribution is -2.41. The summed E-state index contributed by atoms with van der Waals surface area (Å²) in [6.07, 6.45) is 0. The van der Waals surface area contributed by atoms with E-state index in [1.807, 2.05) is 25.1 Å². The molecule has 2 aliphatic rings. The first kappa shape index (κ1) is 16.3. The largest absolute Gasteiger partial charge is 0.494 e. The quantitative estimate of drug-likeness (QED) is 0.821. The summed E-state index contributed by atoms with van der Waals surface area (Å²) >= 11 is 0. The summed E-state index contributed by atoms with van der Waals surface area (Å²) in [6.45, 7) is 2.33. The van der Waals surface area contributed by atoms with Crippen LogP contribution in [0, 0.1) is 33.5 Å².